The first-order valence-corrected chi connectivity index (χ1v) is 6.95. The Hall–Kier alpha value is -1.55. The molecule has 3 rings (SSSR count). The molecule has 1 aromatic rings. The Kier molecular flexibility index (Phi) is 3.69. The van der Waals surface area contributed by atoms with E-state index in [1.54, 1.807) is 0 Å². The van der Waals surface area contributed by atoms with Crippen LogP contribution in [0, 0.1) is 0 Å². The third-order valence-corrected chi connectivity index (χ3v) is 3.74. The van der Waals surface area contributed by atoms with Gasteiger partial charge in [0.2, 0.25) is 0 Å². The number of fused-ring (bicyclic) bond motifs is 1. The summed E-state index contributed by atoms with van der Waals surface area (Å²) in [5, 5.41) is 3.49. The highest BCUT2D eigenvalue weighted by Gasteiger charge is 2.23. The van der Waals surface area contributed by atoms with Crippen LogP contribution in [0.1, 0.15) is 25.7 Å². The van der Waals surface area contributed by atoms with Crippen molar-refractivity contribution in [2.24, 2.45) is 0 Å². The largest absolute Gasteiger partial charge is 0.486 e. The number of hydrogen-bond acceptors (Lipinski definition) is 4. The minimum Gasteiger partial charge on any atom is -0.486 e. The number of ether oxygens (including phenoxy) is 2. The van der Waals surface area contributed by atoms with Crippen molar-refractivity contribution in [3.63, 3.8) is 0 Å². The Balaban J connectivity index is 1.48. The molecule has 1 aliphatic carbocycles. The van der Waals surface area contributed by atoms with E-state index >= 15 is 0 Å². The molecule has 1 fully saturated rings. The highest BCUT2D eigenvalue weighted by Crippen LogP contribution is 2.30. The second-order valence-corrected chi connectivity index (χ2v) is 5.22. The molecule has 2 aliphatic rings. The van der Waals surface area contributed by atoms with Gasteiger partial charge in [0.15, 0.2) is 11.5 Å². The number of ketones is 1. The van der Waals surface area contributed by atoms with Gasteiger partial charge >= 0.3 is 0 Å². The predicted molar refractivity (Wildman–Crippen MR) is 71.6 cm³/mol. The lowest BCUT2D eigenvalue weighted by Gasteiger charge is -2.29. The molecule has 1 heterocycles. The van der Waals surface area contributed by atoms with Gasteiger partial charge in [-0.05, 0) is 25.0 Å². The number of carbonyl (C=O) groups is 1. The van der Waals surface area contributed by atoms with Gasteiger partial charge in [0.25, 0.3) is 0 Å². The molecular formula is C15H19NO3. The normalized spacial score (nSPS) is 23.4. The zero-order valence-corrected chi connectivity index (χ0v) is 10.9. The lowest BCUT2D eigenvalue weighted by Crippen LogP contribution is -2.43. The van der Waals surface area contributed by atoms with Crippen molar-refractivity contribution in [2.75, 3.05) is 13.2 Å². The number of nitrogens with one attached hydrogen (secondary N) is 1. The molecule has 4 heteroatoms. The van der Waals surface area contributed by atoms with Gasteiger partial charge in [0.1, 0.15) is 18.5 Å². The molecule has 19 heavy (non-hydrogen) atoms. The molecule has 1 saturated carbocycles. The Labute approximate surface area is 113 Å². The summed E-state index contributed by atoms with van der Waals surface area (Å²) in [6, 6.07) is 8.19. The first kappa shape index (κ1) is 12.5. The monoisotopic (exact) mass is 261 g/mol. The minimum atomic E-state index is 0.0486. The third kappa shape index (κ3) is 3.07. The molecule has 102 valence electrons. The quantitative estimate of drug-likeness (QED) is 0.903. The van der Waals surface area contributed by atoms with Crippen LogP contribution in [0.4, 0.5) is 0 Å². The third-order valence-electron chi connectivity index (χ3n) is 3.74. The highest BCUT2D eigenvalue weighted by atomic mass is 16.6. The van der Waals surface area contributed by atoms with Crippen LogP contribution < -0.4 is 14.8 Å². The fraction of sp³-hybridized carbons (Fsp3) is 0.533. The maximum absolute atomic E-state index is 11.2. The van der Waals surface area contributed by atoms with E-state index in [1.807, 2.05) is 24.3 Å². The number of carbonyl (C=O) groups excluding carboxylic acids is 1. The predicted octanol–water partition coefficient (Wildman–Crippen LogP) is 1.93. The van der Waals surface area contributed by atoms with E-state index in [0.717, 1.165) is 30.9 Å². The second kappa shape index (κ2) is 5.61. The van der Waals surface area contributed by atoms with Crippen LogP contribution in [0.5, 0.6) is 11.5 Å². The zero-order valence-electron chi connectivity index (χ0n) is 10.9. The van der Waals surface area contributed by atoms with Crippen molar-refractivity contribution in [1.82, 2.24) is 5.32 Å². The SMILES string of the molecule is O=C1CCC(NCC2COc3ccccc3O2)CC1. The van der Waals surface area contributed by atoms with E-state index < -0.39 is 0 Å². The molecule has 0 bridgehead atoms. The smallest absolute Gasteiger partial charge is 0.161 e. The fourth-order valence-corrected chi connectivity index (χ4v) is 2.61. The standard InChI is InChI=1S/C15H19NO3/c17-12-7-5-11(6-8-12)16-9-13-10-18-14-3-1-2-4-15(14)19-13/h1-4,11,13,16H,5-10H2. The Morgan fingerprint density at radius 3 is 2.68 bits per heavy atom. The molecule has 1 aliphatic heterocycles. The Bertz CT molecular complexity index is 450. The highest BCUT2D eigenvalue weighted by molar-refractivity contribution is 5.79. The van der Waals surface area contributed by atoms with Crippen LogP contribution >= 0.6 is 0 Å². The number of benzene rings is 1. The first-order chi connectivity index (χ1) is 9.31. The molecule has 1 aromatic carbocycles. The van der Waals surface area contributed by atoms with E-state index in [0.29, 0.717) is 31.3 Å². The fourth-order valence-electron chi connectivity index (χ4n) is 2.61. The average molecular weight is 261 g/mol. The first-order valence-electron chi connectivity index (χ1n) is 6.95. The lowest BCUT2D eigenvalue weighted by molar-refractivity contribution is -0.120. The summed E-state index contributed by atoms with van der Waals surface area (Å²) in [6.45, 7) is 1.35. The molecule has 1 N–H and O–H groups in total. The van der Waals surface area contributed by atoms with Crippen LogP contribution in [-0.2, 0) is 4.79 Å². The van der Waals surface area contributed by atoms with Gasteiger partial charge in [-0.3, -0.25) is 4.79 Å². The Morgan fingerprint density at radius 2 is 1.89 bits per heavy atom. The number of hydrogen-bond donors (Lipinski definition) is 1. The molecule has 1 atom stereocenters. The second-order valence-electron chi connectivity index (χ2n) is 5.22. The van der Waals surface area contributed by atoms with Crippen molar-refractivity contribution in [3.05, 3.63) is 24.3 Å². The van der Waals surface area contributed by atoms with E-state index in [-0.39, 0.29) is 6.10 Å². The summed E-state index contributed by atoms with van der Waals surface area (Å²) >= 11 is 0. The maximum Gasteiger partial charge on any atom is 0.161 e. The molecule has 0 amide bonds. The van der Waals surface area contributed by atoms with Gasteiger partial charge in [-0.25, -0.2) is 0 Å². The summed E-state index contributed by atoms with van der Waals surface area (Å²) in [5.74, 6) is 2.03. The molecule has 0 radical (unpaired) electrons. The van der Waals surface area contributed by atoms with Crippen molar-refractivity contribution in [3.8, 4) is 11.5 Å². The molecule has 4 nitrogen and oxygen atoms in total. The van der Waals surface area contributed by atoms with Gasteiger partial charge in [0.05, 0.1) is 0 Å². The number of Topliss-reactive ketones (excluding diaryl/α,β-unsaturated/α-hetero) is 1. The Morgan fingerprint density at radius 1 is 1.16 bits per heavy atom. The van der Waals surface area contributed by atoms with Gasteiger partial charge < -0.3 is 14.8 Å². The topological polar surface area (TPSA) is 47.6 Å². The summed E-state index contributed by atoms with van der Waals surface area (Å²) in [7, 11) is 0. The van der Waals surface area contributed by atoms with Gasteiger partial charge in [0, 0.05) is 25.4 Å². The van der Waals surface area contributed by atoms with Crippen molar-refractivity contribution in [1.29, 1.82) is 0 Å². The van der Waals surface area contributed by atoms with Gasteiger partial charge in [-0.15, -0.1) is 0 Å². The summed E-state index contributed by atoms with van der Waals surface area (Å²) in [6.07, 6.45) is 3.37. The summed E-state index contributed by atoms with van der Waals surface area (Å²) in [5.41, 5.74) is 0. The molecule has 0 aromatic heterocycles. The van der Waals surface area contributed by atoms with E-state index in [1.165, 1.54) is 0 Å². The molecule has 0 spiro atoms. The zero-order chi connectivity index (χ0) is 13.1. The van der Waals surface area contributed by atoms with Crippen molar-refractivity contribution >= 4 is 5.78 Å². The minimum absolute atomic E-state index is 0.0486. The molecule has 0 saturated heterocycles. The molecule has 1 unspecified atom stereocenters. The lowest BCUT2D eigenvalue weighted by atomic mass is 9.94. The van der Waals surface area contributed by atoms with Gasteiger partial charge in [-0.2, -0.15) is 0 Å². The number of rotatable bonds is 3. The van der Waals surface area contributed by atoms with E-state index in [9.17, 15) is 4.79 Å². The van der Waals surface area contributed by atoms with Gasteiger partial charge in [-0.1, -0.05) is 12.1 Å². The van der Waals surface area contributed by atoms with E-state index in [4.69, 9.17) is 9.47 Å². The van der Waals surface area contributed by atoms with E-state index in [2.05, 4.69) is 5.32 Å². The van der Waals surface area contributed by atoms with Crippen LogP contribution in [0.2, 0.25) is 0 Å². The van der Waals surface area contributed by atoms with Crippen LogP contribution in [0.15, 0.2) is 24.3 Å². The summed E-state index contributed by atoms with van der Waals surface area (Å²) in [4.78, 5) is 11.2. The van der Waals surface area contributed by atoms with Crippen LogP contribution in [0.3, 0.4) is 0 Å². The summed E-state index contributed by atoms with van der Waals surface area (Å²) < 4.78 is 11.6. The maximum atomic E-state index is 11.2. The van der Waals surface area contributed by atoms with Crippen LogP contribution in [-0.4, -0.2) is 31.1 Å². The molecular weight excluding hydrogens is 242 g/mol. The average Bonchev–Trinajstić information content (AvgIpc) is 2.46. The van der Waals surface area contributed by atoms with Crippen LogP contribution in [0.25, 0.3) is 0 Å². The van der Waals surface area contributed by atoms with Crippen molar-refractivity contribution in [2.45, 2.75) is 37.8 Å². The number of para-hydroxylation sites is 2. The van der Waals surface area contributed by atoms with Crippen molar-refractivity contribution < 1.29 is 14.3 Å².